The van der Waals surface area contributed by atoms with Gasteiger partial charge in [-0.05, 0) is 6.42 Å². The Morgan fingerprint density at radius 2 is 1.95 bits per heavy atom. The number of nitrogens with zero attached hydrogens (tertiary/aromatic N) is 1. The second-order valence-electron chi connectivity index (χ2n) is 4.75. The van der Waals surface area contributed by atoms with Gasteiger partial charge in [0.2, 0.25) is 5.91 Å². The van der Waals surface area contributed by atoms with Crippen LogP contribution in [0.3, 0.4) is 0 Å². The number of primary amides is 1. The van der Waals surface area contributed by atoms with Gasteiger partial charge in [0.1, 0.15) is 6.04 Å². The van der Waals surface area contributed by atoms with Gasteiger partial charge in [0.25, 0.3) is 0 Å². The quantitative estimate of drug-likeness (QED) is 0.424. The molecule has 0 aromatic rings. The van der Waals surface area contributed by atoms with Gasteiger partial charge in [0.15, 0.2) is 0 Å². The number of nitrogens with one attached hydrogen (secondary N) is 2. The Bertz CT molecular complexity index is 371. The van der Waals surface area contributed by atoms with Crippen LogP contribution in [-0.4, -0.2) is 73.3 Å². The molecule has 1 saturated heterocycles. The molecule has 1 fully saturated rings. The van der Waals surface area contributed by atoms with E-state index in [0.717, 1.165) is 13.1 Å². The van der Waals surface area contributed by atoms with Crippen LogP contribution in [0.4, 0.5) is 4.79 Å². The van der Waals surface area contributed by atoms with E-state index < -0.39 is 23.9 Å². The van der Waals surface area contributed by atoms with Crippen LogP contribution in [0.1, 0.15) is 12.8 Å². The standard InChI is InChI=1S/C12H22N4O5/c13-10(17)2-1-9(11(18)19)15-12(20)14-3-4-16-5-7-21-8-6-16/h9H,1-8H2,(H2,13,17)(H,18,19)(H2,14,15,20)/t9-/m0/s1. The van der Waals surface area contributed by atoms with E-state index in [9.17, 15) is 14.4 Å². The summed E-state index contributed by atoms with van der Waals surface area (Å²) in [7, 11) is 0. The molecule has 0 radical (unpaired) electrons. The molecule has 1 rings (SSSR count). The number of carboxylic acids is 1. The Balaban J connectivity index is 2.22. The van der Waals surface area contributed by atoms with Crippen LogP contribution in [0.15, 0.2) is 0 Å². The summed E-state index contributed by atoms with van der Waals surface area (Å²) in [5.74, 6) is -1.80. The molecule has 3 amide bonds. The summed E-state index contributed by atoms with van der Waals surface area (Å²) in [4.78, 5) is 35.3. The normalized spacial score (nSPS) is 17.0. The number of ether oxygens (including phenoxy) is 1. The first-order chi connectivity index (χ1) is 9.99. The van der Waals surface area contributed by atoms with Crippen LogP contribution in [0.2, 0.25) is 0 Å². The summed E-state index contributed by atoms with van der Waals surface area (Å²) in [6, 6.07) is -1.69. The van der Waals surface area contributed by atoms with E-state index >= 15 is 0 Å². The minimum absolute atomic E-state index is 0.0262. The smallest absolute Gasteiger partial charge is 0.326 e. The third kappa shape index (κ3) is 7.47. The van der Waals surface area contributed by atoms with Crippen LogP contribution in [0.5, 0.6) is 0 Å². The van der Waals surface area contributed by atoms with Gasteiger partial charge in [-0.2, -0.15) is 0 Å². The average molecular weight is 302 g/mol. The second-order valence-corrected chi connectivity index (χ2v) is 4.75. The fraction of sp³-hybridized carbons (Fsp3) is 0.750. The molecule has 0 spiro atoms. The first-order valence-corrected chi connectivity index (χ1v) is 6.84. The molecular formula is C12H22N4O5. The summed E-state index contributed by atoms with van der Waals surface area (Å²) >= 11 is 0. The largest absolute Gasteiger partial charge is 0.480 e. The Morgan fingerprint density at radius 1 is 1.29 bits per heavy atom. The molecule has 0 bridgehead atoms. The van der Waals surface area contributed by atoms with Gasteiger partial charge >= 0.3 is 12.0 Å². The highest BCUT2D eigenvalue weighted by Gasteiger charge is 2.20. The van der Waals surface area contributed by atoms with Crippen LogP contribution in [-0.2, 0) is 14.3 Å². The van der Waals surface area contributed by atoms with Crippen molar-refractivity contribution in [3.8, 4) is 0 Å². The first-order valence-electron chi connectivity index (χ1n) is 6.84. The topological polar surface area (TPSA) is 134 Å². The molecule has 0 unspecified atom stereocenters. The molecule has 21 heavy (non-hydrogen) atoms. The number of urea groups is 1. The fourth-order valence-electron chi connectivity index (χ4n) is 1.91. The zero-order valence-electron chi connectivity index (χ0n) is 11.8. The number of nitrogens with two attached hydrogens (primary N) is 1. The van der Waals surface area contributed by atoms with Crippen molar-refractivity contribution in [2.75, 3.05) is 39.4 Å². The molecule has 1 heterocycles. The lowest BCUT2D eigenvalue weighted by Crippen LogP contribution is -2.48. The van der Waals surface area contributed by atoms with Gasteiger partial charge < -0.3 is 26.2 Å². The summed E-state index contributed by atoms with van der Waals surface area (Å²) in [6.07, 6.45) is -0.118. The maximum absolute atomic E-state index is 11.6. The first kappa shape index (κ1) is 17.2. The molecule has 9 nitrogen and oxygen atoms in total. The van der Waals surface area contributed by atoms with Gasteiger partial charge in [0, 0.05) is 32.6 Å². The second kappa shape index (κ2) is 9.14. The number of amides is 3. The van der Waals surface area contributed by atoms with Crippen LogP contribution < -0.4 is 16.4 Å². The lowest BCUT2D eigenvalue weighted by Gasteiger charge is -2.26. The van der Waals surface area contributed by atoms with Crippen molar-refractivity contribution in [1.29, 1.82) is 0 Å². The van der Waals surface area contributed by atoms with Crippen molar-refractivity contribution in [3.63, 3.8) is 0 Å². The number of hydrogen-bond donors (Lipinski definition) is 4. The molecule has 1 aliphatic rings. The molecule has 0 aromatic carbocycles. The van der Waals surface area contributed by atoms with Gasteiger partial charge in [-0.25, -0.2) is 9.59 Å². The van der Waals surface area contributed by atoms with Crippen LogP contribution in [0.25, 0.3) is 0 Å². The minimum Gasteiger partial charge on any atom is -0.480 e. The number of rotatable bonds is 8. The van der Waals surface area contributed by atoms with Crippen molar-refractivity contribution in [1.82, 2.24) is 15.5 Å². The van der Waals surface area contributed by atoms with E-state index in [2.05, 4.69) is 15.5 Å². The summed E-state index contributed by atoms with van der Waals surface area (Å²) in [5, 5.41) is 13.8. The number of hydrogen-bond acceptors (Lipinski definition) is 5. The highest BCUT2D eigenvalue weighted by molar-refractivity contribution is 5.83. The Hall–Kier alpha value is -1.87. The van der Waals surface area contributed by atoms with Crippen LogP contribution in [0, 0.1) is 0 Å². The molecule has 0 aromatic heterocycles. The van der Waals surface area contributed by atoms with E-state index in [1.165, 1.54) is 0 Å². The van der Waals surface area contributed by atoms with E-state index in [1.54, 1.807) is 0 Å². The molecule has 1 aliphatic heterocycles. The van der Waals surface area contributed by atoms with Gasteiger partial charge in [-0.15, -0.1) is 0 Å². The number of carbonyl (C=O) groups excluding carboxylic acids is 2. The maximum atomic E-state index is 11.6. The van der Waals surface area contributed by atoms with E-state index in [4.69, 9.17) is 15.6 Å². The van der Waals surface area contributed by atoms with Crippen molar-refractivity contribution < 1.29 is 24.2 Å². The lowest BCUT2D eigenvalue weighted by molar-refractivity contribution is -0.139. The summed E-state index contributed by atoms with van der Waals surface area (Å²) in [5.41, 5.74) is 4.96. The third-order valence-corrected chi connectivity index (χ3v) is 3.10. The molecule has 0 aliphatic carbocycles. The molecule has 9 heteroatoms. The molecule has 5 N–H and O–H groups in total. The van der Waals surface area contributed by atoms with Crippen molar-refractivity contribution in [2.24, 2.45) is 5.73 Å². The number of carbonyl (C=O) groups is 3. The van der Waals surface area contributed by atoms with Crippen LogP contribution >= 0.6 is 0 Å². The van der Waals surface area contributed by atoms with Gasteiger partial charge in [-0.3, -0.25) is 9.69 Å². The average Bonchev–Trinajstić information content (AvgIpc) is 2.44. The number of morpholine rings is 1. The highest BCUT2D eigenvalue weighted by Crippen LogP contribution is 1.97. The van der Waals surface area contributed by atoms with E-state index in [1.807, 2.05) is 0 Å². The maximum Gasteiger partial charge on any atom is 0.326 e. The van der Waals surface area contributed by atoms with Gasteiger partial charge in [-0.1, -0.05) is 0 Å². The third-order valence-electron chi connectivity index (χ3n) is 3.10. The minimum atomic E-state index is -1.19. The summed E-state index contributed by atoms with van der Waals surface area (Å²) < 4.78 is 5.21. The zero-order chi connectivity index (χ0) is 15.7. The van der Waals surface area contributed by atoms with Crippen molar-refractivity contribution >= 4 is 17.9 Å². The van der Waals surface area contributed by atoms with Gasteiger partial charge in [0.05, 0.1) is 13.2 Å². The summed E-state index contributed by atoms with van der Waals surface area (Å²) in [6.45, 7) is 4.09. The Morgan fingerprint density at radius 3 is 2.52 bits per heavy atom. The van der Waals surface area contributed by atoms with E-state index in [-0.39, 0.29) is 12.8 Å². The molecule has 120 valence electrons. The van der Waals surface area contributed by atoms with Crippen molar-refractivity contribution in [2.45, 2.75) is 18.9 Å². The predicted molar refractivity (Wildman–Crippen MR) is 73.6 cm³/mol. The fourth-order valence-corrected chi connectivity index (χ4v) is 1.91. The molecule has 1 atom stereocenters. The highest BCUT2D eigenvalue weighted by atomic mass is 16.5. The lowest BCUT2D eigenvalue weighted by atomic mass is 10.1. The SMILES string of the molecule is NC(=O)CC[C@H](NC(=O)NCCN1CCOCC1)C(=O)O. The zero-order valence-corrected chi connectivity index (χ0v) is 11.8. The Kier molecular flexibility index (Phi) is 7.48. The van der Waals surface area contributed by atoms with E-state index in [0.29, 0.717) is 26.3 Å². The monoisotopic (exact) mass is 302 g/mol. The number of carboxylic acid groups (broad SMARTS) is 1. The predicted octanol–water partition coefficient (Wildman–Crippen LogP) is -1.66. The number of aliphatic carboxylic acids is 1. The molecule has 0 saturated carbocycles. The Labute approximate surface area is 122 Å². The van der Waals surface area contributed by atoms with Crippen molar-refractivity contribution in [3.05, 3.63) is 0 Å². The molecular weight excluding hydrogens is 280 g/mol.